The van der Waals surface area contributed by atoms with Crippen LogP contribution < -0.4 is 10.6 Å². The van der Waals surface area contributed by atoms with Gasteiger partial charge in [0.2, 0.25) is 0 Å². The van der Waals surface area contributed by atoms with Crippen molar-refractivity contribution in [3.8, 4) is 0 Å². The zero-order valence-corrected chi connectivity index (χ0v) is 15.3. The van der Waals surface area contributed by atoms with Crippen molar-refractivity contribution in [1.82, 2.24) is 0 Å². The molecule has 1 saturated heterocycles. The summed E-state index contributed by atoms with van der Waals surface area (Å²) in [6, 6.07) is 13.7. The second-order valence-corrected chi connectivity index (χ2v) is 8.88. The van der Waals surface area contributed by atoms with Crippen molar-refractivity contribution in [3.05, 3.63) is 52.2 Å². The molecule has 1 aliphatic heterocycles. The minimum absolute atomic E-state index is 0.207. The first-order chi connectivity index (χ1) is 10.9. The average molecular weight is 329 g/mol. The summed E-state index contributed by atoms with van der Waals surface area (Å²) in [5, 5.41) is 2.17. The lowest BCUT2D eigenvalue weighted by Crippen LogP contribution is -2.47. The molecule has 0 bridgehead atoms. The molecule has 2 unspecified atom stereocenters. The third-order valence-corrected chi connectivity index (χ3v) is 5.64. The second-order valence-electron chi connectivity index (χ2n) is 7.85. The van der Waals surface area contributed by atoms with Gasteiger partial charge in [-0.3, -0.25) is 0 Å². The van der Waals surface area contributed by atoms with Crippen LogP contribution in [0.2, 0.25) is 0 Å². The van der Waals surface area contributed by atoms with Gasteiger partial charge in [0, 0.05) is 29.7 Å². The van der Waals surface area contributed by atoms with Gasteiger partial charge in [0.05, 0.1) is 0 Å². The molecule has 2 heterocycles. The first-order valence-corrected chi connectivity index (χ1v) is 9.43. The Kier molecular flexibility index (Phi) is 4.79. The van der Waals surface area contributed by atoms with Gasteiger partial charge < -0.3 is 10.6 Å². The second kappa shape index (κ2) is 6.66. The highest BCUT2D eigenvalue weighted by atomic mass is 32.1. The Bertz CT molecular complexity index is 610. The molecule has 23 heavy (non-hydrogen) atoms. The Labute approximate surface area is 144 Å². The van der Waals surface area contributed by atoms with Crippen molar-refractivity contribution in [2.24, 2.45) is 11.7 Å². The fourth-order valence-corrected chi connectivity index (χ4v) is 4.31. The first-order valence-electron chi connectivity index (χ1n) is 8.55. The standard InChI is InChI=1S/C20H28N2S/c1-20(2,3)16-6-8-18(9-7-16)22-13-15(11-17(21)14-22)12-19-5-4-10-23-19/h4-10,15,17H,11-14,21H2,1-3H3. The maximum atomic E-state index is 6.34. The Morgan fingerprint density at radius 1 is 1.13 bits per heavy atom. The third kappa shape index (κ3) is 4.15. The summed E-state index contributed by atoms with van der Waals surface area (Å²) in [4.78, 5) is 3.95. The molecule has 0 radical (unpaired) electrons. The van der Waals surface area contributed by atoms with Gasteiger partial charge in [0.15, 0.2) is 0 Å². The van der Waals surface area contributed by atoms with E-state index in [-0.39, 0.29) is 11.5 Å². The van der Waals surface area contributed by atoms with E-state index in [9.17, 15) is 0 Å². The summed E-state index contributed by atoms with van der Waals surface area (Å²) in [5.74, 6) is 0.652. The number of rotatable bonds is 3. The van der Waals surface area contributed by atoms with Gasteiger partial charge in [-0.25, -0.2) is 0 Å². The lowest BCUT2D eigenvalue weighted by molar-refractivity contribution is 0.376. The largest absolute Gasteiger partial charge is 0.370 e. The van der Waals surface area contributed by atoms with Crippen molar-refractivity contribution >= 4 is 17.0 Å². The van der Waals surface area contributed by atoms with Crippen LogP contribution in [0, 0.1) is 5.92 Å². The smallest absolute Gasteiger partial charge is 0.0367 e. The van der Waals surface area contributed by atoms with E-state index in [0.29, 0.717) is 5.92 Å². The number of anilines is 1. The van der Waals surface area contributed by atoms with Gasteiger partial charge in [-0.05, 0) is 53.3 Å². The zero-order valence-electron chi connectivity index (χ0n) is 14.5. The molecule has 1 aliphatic rings. The van der Waals surface area contributed by atoms with Crippen LogP contribution in [-0.4, -0.2) is 19.1 Å². The molecule has 0 spiro atoms. The number of hydrogen-bond acceptors (Lipinski definition) is 3. The van der Waals surface area contributed by atoms with Crippen LogP contribution in [0.3, 0.4) is 0 Å². The van der Waals surface area contributed by atoms with E-state index >= 15 is 0 Å². The van der Waals surface area contributed by atoms with Crippen molar-refractivity contribution in [3.63, 3.8) is 0 Å². The highest BCUT2D eigenvalue weighted by molar-refractivity contribution is 7.09. The molecule has 0 aliphatic carbocycles. The van der Waals surface area contributed by atoms with E-state index < -0.39 is 0 Å². The fraction of sp³-hybridized carbons (Fsp3) is 0.500. The SMILES string of the molecule is CC(C)(C)c1ccc(N2CC(N)CC(Cc3cccs3)C2)cc1. The number of nitrogens with two attached hydrogens (primary N) is 1. The van der Waals surface area contributed by atoms with E-state index in [1.165, 1.54) is 16.1 Å². The number of benzene rings is 1. The van der Waals surface area contributed by atoms with Crippen LogP contribution in [0.1, 0.15) is 37.6 Å². The van der Waals surface area contributed by atoms with E-state index in [0.717, 1.165) is 25.9 Å². The minimum atomic E-state index is 0.207. The molecular formula is C20H28N2S. The van der Waals surface area contributed by atoms with E-state index in [2.05, 4.69) is 67.4 Å². The quantitative estimate of drug-likeness (QED) is 0.902. The van der Waals surface area contributed by atoms with Crippen LogP contribution in [0.15, 0.2) is 41.8 Å². The van der Waals surface area contributed by atoms with Gasteiger partial charge in [0.1, 0.15) is 0 Å². The monoisotopic (exact) mass is 328 g/mol. The number of piperidine rings is 1. The van der Waals surface area contributed by atoms with E-state index in [1.807, 2.05) is 11.3 Å². The van der Waals surface area contributed by atoms with Crippen LogP contribution in [0.4, 0.5) is 5.69 Å². The molecule has 1 fully saturated rings. The van der Waals surface area contributed by atoms with E-state index in [1.54, 1.807) is 0 Å². The minimum Gasteiger partial charge on any atom is -0.370 e. The van der Waals surface area contributed by atoms with Gasteiger partial charge in [0.25, 0.3) is 0 Å². The molecule has 2 N–H and O–H groups in total. The Balaban J connectivity index is 1.71. The van der Waals surface area contributed by atoms with Crippen molar-refractivity contribution in [2.75, 3.05) is 18.0 Å². The summed E-state index contributed by atoms with van der Waals surface area (Å²) < 4.78 is 0. The summed E-state index contributed by atoms with van der Waals surface area (Å²) >= 11 is 1.86. The number of nitrogens with zero attached hydrogens (tertiary/aromatic N) is 1. The lowest BCUT2D eigenvalue weighted by Gasteiger charge is -2.38. The summed E-state index contributed by atoms with van der Waals surface area (Å²) in [5.41, 5.74) is 9.25. The Morgan fingerprint density at radius 3 is 2.48 bits per heavy atom. The molecule has 2 nitrogen and oxygen atoms in total. The number of thiophene rings is 1. The van der Waals surface area contributed by atoms with Crippen LogP contribution in [0.5, 0.6) is 0 Å². The van der Waals surface area contributed by atoms with Crippen LogP contribution in [-0.2, 0) is 11.8 Å². The first kappa shape index (κ1) is 16.5. The normalized spacial score (nSPS) is 22.3. The molecule has 1 aromatic carbocycles. The van der Waals surface area contributed by atoms with Gasteiger partial charge in [-0.2, -0.15) is 0 Å². The summed E-state index contributed by atoms with van der Waals surface area (Å²) in [7, 11) is 0. The molecule has 3 rings (SSSR count). The molecule has 0 saturated carbocycles. The lowest BCUT2D eigenvalue weighted by atomic mass is 9.86. The molecule has 1 aromatic heterocycles. The molecule has 2 aromatic rings. The van der Waals surface area contributed by atoms with Gasteiger partial charge in [-0.1, -0.05) is 39.0 Å². The van der Waals surface area contributed by atoms with Crippen molar-refractivity contribution in [1.29, 1.82) is 0 Å². The highest BCUT2D eigenvalue weighted by Gasteiger charge is 2.26. The van der Waals surface area contributed by atoms with Crippen LogP contribution >= 0.6 is 11.3 Å². The summed E-state index contributed by atoms with van der Waals surface area (Å²) in [6.07, 6.45) is 2.29. The maximum absolute atomic E-state index is 6.34. The Hall–Kier alpha value is -1.32. The summed E-state index contributed by atoms with van der Waals surface area (Å²) in [6.45, 7) is 8.86. The average Bonchev–Trinajstić information content (AvgIpc) is 2.99. The highest BCUT2D eigenvalue weighted by Crippen LogP contribution is 2.29. The molecule has 2 atom stereocenters. The molecule has 0 amide bonds. The van der Waals surface area contributed by atoms with Gasteiger partial charge >= 0.3 is 0 Å². The predicted molar refractivity (Wildman–Crippen MR) is 101 cm³/mol. The maximum Gasteiger partial charge on any atom is 0.0367 e. The Morgan fingerprint density at radius 2 is 1.87 bits per heavy atom. The molecule has 124 valence electrons. The molecule has 3 heteroatoms. The van der Waals surface area contributed by atoms with Crippen molar-refractivity contribution < 1.29 is 0 Å². The molecular weight excluding hydrogens is 300 g/mol. The topological polar surface area (TPSA) is 29.3 Å². The van der Waals surface area contributed by atoms with Crippen LogP contribution in [0.25, 0.3) is 0 Å². The predicted octanol–water partition coefficient (Wildman–Crippen LogP) is 4.44. The number of hydrogen-bond donors (Lipinski definition) is 1. The van der Waals surface area contributed by atoms with E-state index in [4.69, 9.17) is 5.73 Å². The fourth-order valence-electron chi connectivity index (χ4n) is 3.49. The van der Waals surface area contributed by atoms with Gasteiger partial charge in [-0.15, -0.1) is 11.3 Å². The zero-order chi connectivity index (χ0) is 16.4. The van der Waals surface area contributed by atoms with Crippen molar-refractivity contribution in [2.45, 2.75) is 45.1 Å². The third-order valence-electron chi connectivity index (χ3n) is 4.74.